The van der Waals surface area contributed by atoms with E-state index in [-0.39, 0.29) is 23.7 Å². The molecule has 1 rings (SSSR count). The Labute approximate surface area is 122 Å². The molecule has 1 aromatic rings. The number of amides is 1. The van der Waals surface area contributed by atoms with E-state index in [1.54, 1.807) is 27.7 Å². The summed E-state index contributed by atoms with van der Waals surface area (Å²) in [6, 6.07) is 2.12. The lowest BCUT2D eigenvalue weighted by Crippen LogP contribution is -2.40. The van der Waals surface area contributed by atoms with Crippen LogP contribution in [0.3, 0.4) is 0 Å². The molecule has 0 aliphatic carbocycles. The van der Waals surface area contributed by atoms with Gasteiger partial charge in [-0.05, 0) is 39.8 Å². The molecule has 1 amide bonds. The fourth-order valence-electron chi connectivity index (χ4n) is 1.26. The van der Waals surface area contributed by atoms with Gasteiger partial charge in [0.25, 0.3) is 5.88 Å². The Morgan fingerprint density at radius 1 is 1.50 bits per heavy atom. The van der Waals surface area contributed by atoms with Crippen molar-refractivity contribution < 1.29 is 18.7 Å². The summed E-state index contributed by atoms with van der Waals surface area (Å²) in [6.07, 6.45) is -0.562. The van der Waals surface area contributed by atoms with Crippen LogP contribution in [0.25, 0.3) is 0 Å². The van der Waals surface area contributed by atoms with E-state index in [1.165, 1.54) is 6.07 Å². The fourth-order valence-corrected chi connectivity index (χ4v) is 1.40. The van der Waals surface area contributed by atoms with E-state index in [2.05, 4.69) is 10.3 Å². The Kier molecular flexibility index (Phi) is 5.56. The summed E-state index contributed by atoms with van der Waals surface area (Å²) in [5, 5.41) is 2.70. The summed E-state index contributed by atoms with van der Waals surface area (Å²) in [4.78, 5) is 15.2. The number of hydrogen-bond donors (Lipinski definition) is 1. The lowest BCUT2D eigenvalue weighted by molar-refractivity contribution is 0.0492. The number of nitrogens with zero attached hydrogens (tertiary/aromatic N) is 1. The first-order chi connectivity index (χ1) is 9.17. The van der Waals surface area contributed by atoms with Gasteiger partial charge in [-0.1, -0.05) is 11.6 Å². The quantitative estimate of drug-likeness (QED) is 0.868. The third-order valence-corrected chi connectivity index (χ3v) is 2.22. The smallest absolute Gasteiger partial charge is 0.407 e. The zero-order chi connectivity index (χ0) is 15.3. The molecule has 112 valence electrons. The molecule has 0 spiro atoms. The summed E-state index contributed by atoms with van der Waals surface area (Å²) < 4.78 is 23.6. The van der Waals surface area contributed by atoms with Crippen LogP contribution in [0.4, 0.5) is 9.18 Å². The molecular formula is C13H18ClFN2O3. The van der Waals surface area contributed by atoms with Crippen molar-refractivity contribution in [3.05, 3.63) is 23.1 Å². The van der Waals surface area contributed by atoms with Gasteiger partial charge in [0.15, 0.2) is 5.82 Å². The molecule has 0 radical (unpaired) electrons. The van der Waals surface area contributed by atoms with Crippen LogP contribution in [0.2, 0.25) is 5.15 Å². The van der Waals surface area contributed by atoms with Gasteiger partial charge >= 0.3 is 6.09 Å². The van der Waals surface area contributed by atoms with Crippen molar-refractivity contribution in [2.45, 2.75) is 39.3 Å². The van der Waals surface area contributed by atoms with Crippen LogP contribution in [0.1, 0.15) is 27.7 Å². The van der Waals surface area contributed by atoms with Crippen LogP contribution >= 0.6 is 11.6 Å². The standard InChI is InChI=1S/C13H18ClFN2O3/c1-8(16-12(18)20-13(2,3)4)7-19-11-9(15)5-6-10(14)17-11/h5-6,8H,7H2,1-4H3,(H,16,18). The average Bonchev–Trinajstić information content (AvgIpc) is 2.27. The maximum Gasteiger partial charge on any atom is 0.407 e. The predicted molar refractivity (Wildman–Crippen MR) is 73.5 cm³/mol. The molecule has 1 heterocycles. The fraction of sp³-hybridized carbons (Fsp3) is 0.538. The van der Waals surface area contributed by atoms with Crippen molar-refractivity contribution in [1.29, 1.82) is 0 Å². The van der Waals surface area contributed by atoms with Crippen molar-refractivity contribution in [2.75, 3.05) is 6.61 Å². The lowest BCUT2D eigenvalue weighted by atomic mass is 10.2. The molecule has 0 aromatic carbocycles. The first-order valence-electron chi connectivity index (χ1n) is 6.12. The first kappa shape index (κ1) is 16.5. The molecule has 1 unspecified atom stereocenters. The minimum absolute atomic E-state index is 0.0451. The molecule has 0 fully saturated rings. The van der Waals surface area contributed by atoms with Crippen molar-refractivity contribution in [2.24, 2.45) is 0 Å². The van der Waals surface area contributed by atoms with Crippen LogP contribution in [-0.4, -0.2) is 29.3 Å². The summed E-state index contributed by atoms with van der Waals surface area (Å²) in [5.74, 6) is -0.811. The van der Waals surface area contributed by atoms with E-state index in [9.17, 15) is 9.18 Å². The molecular weight excluding hydrogens is 287 g/mol. The largest absolute Gasteiger partial charge is 0.473 e. The molecule has 1 atom stereocenters. The van der Waals surface area contributed by atoms with E-state index < -0.39 is 17.5 Å². The second-order valence-electron chi connectivity index (χ2n) is 5.28. The van der Waals surface area contributed by atoms with Gasteiger partial charge in [-0.3, -0.25) is 0 Å². The van der Waals surface area contributed by atoms with E-state index in [4.69, 9.17) is 21.1 Å². The van der Waals surface area contributed by atoms with Crippen LogP contribution in [0.15, 0.2) is 12.1 Å². The summed E-state index contributed by atoms with van der Waals surface area (Å²) in [5.41, 5.74) is -0.578. The first-order valence-corrected chi connectivity index (χ1v) is 6.49. The van der Waals surface area contributed by atoms with Crippen molar-refractivity contribution in [1.82, 2.24) is 10.3 Å². The van der Waals surface area contributed by atoms with Crippen LogP contribution in [0.5, 0.6) is 5.88 Å². The van der Waals surface area contributed by atoms with E-state index in [0.29, 0.717) is 0 Å². The Morgan fingerprint density at radius 2 is 2.15 bits per heavy atom. The second-order valence-corrected chi connectivity index (χ2v) is 5.67. The Balaban J connectivity index is 2.45. The topological polar surface area (TPSA) is 60.5 Å². The number of halogens is 2. The highest BCUT2D eigenvalue weighted by Gasteiger charge is 2.18. The number of carbonyl (C=O) groups excluding carboxylic acids is 1. The highest BCUT2D eigenvalue weighted by molar-refractivity contribution is 6.29. The molecule has 20 heavy (non-hydrogen) atoms. The van der Waals surface area contributed by atoms with Crippen molar-refractivity contribution in [3.63, 3.8) is 0 Å². The average molecular weight is 305 g/mol. The SMILES string of the molecule is CC(COc1nc(Cl)ccc1F)NC(=O)OC(C)(C)C. The number of carbonyl (C=O) groups is 1. The molecule has 7 heteroatoms. The number of ether oxygens (including phenoxy) is 2. The van der Waals surface area contributed by atoms with Gasteiger partial charge in [0, 0.05) is 0 Å². The molecule has 5 nitrogen and oxygen atoms in total. The summed E-state index contributed by atoms with van der Waals surface area (Å²) in [7, 11) is 0. The van der Waals surface area contributed by atoms with Gasteiger partial charge < -0.3 is 14.8 Å². The third-order valence-electron chi connectivity index (χ3n) is 2.01. The van der Waals surface area contributed by atoms with Crippen molar-refractivity contribution in [3.8, 4) is 5.88 Å². The number of hydrogen-bond acceptors (Lipinski definition) is 4. The highest BCUT2D eigenvalue weighted by atomic mass is 35.5. The van der Waals surface area contributed by atoms with Crippen LogP contribution in [-0.2, 0) is 4.74 Å². The zero-order valence-electron chi connectivity index (χ0n) is 11.9. The Morgan fingerprint density at radius 3 is 2.75 bits per heavy atom. The van der Waals surface area contributed by atoms with Gasteiger partial charge in [-0.25, -0.2) is 9.18 Å². The van der Waals surface area contributed by atoms with Gasteiger partial charge in [-0.2, -0.15) is 4.98 Å². The second kappa shape index (κ2) is 6.74. The van der Waals surface area contributed by atoms with Crippen molar-refractivity contribution >= 4 is 17.7 Å². The van der Waals surface area contributed by atoms with Crippen LogP contribution < -0.4 is 10.1 Å². The molecule has 1 aromatic heterocycles. The number of pyridine rings is 1. The summed E-state index contributed by atoms with van der Waals surface area (Å²) >= 11 is 5.64. The Bertz CT molecular complexity index is 477. The highest BCUT2D eigenvalue weighted by Crippen LogP contribution is 2.17. The van der Waals surface area contributed by atoms with Gasteiger partial charge in [0.05, 0.1) is 6.04 Å². The minimum atomic E-state index is -0.612. The zero-order valence-corrected chi connectivity index (χ0v) is 12.6. The Hall–Kier alpha value is -1.56. The van der Waals surface area contributed by atoms with E-state index >= 15 is 0 Å². The van der Waals surface area contributed by atoms with Gasteiger partial charge in [0.1, 0.15) is 17.4 Å². The number of alkyl carbamates (subject to hydrolysis) is 1. The molecule has 0 aliphatic rings. The normalized spacial score (nSPS) is 12.7. The molecule has 1 N–H and O–H groups in total. The molecule has 0 aliphatic heterocycles. The summed E-state index contributed by atoms with van der Waals surface area (Å²) in [6.45, 7) is 7.03. The predicted octanol–water partition coefficient (Wildman–Crippen LogP) is 3.17. The molecule has 0 bridgehead atoms. The van der Waals surface area contributed by atoms with E-state index in [0.717, 1.165) is 6.07 Å². The number of aromatic nitrogens is 1. The maximum atomic E-state index is 13.3. The molecule has 0 saturated heterocycles. The maximum absolute atomic E-state index is 13.3. The number of rotatable bonds is 4. The minimum Gasteiger partial charge on any atom is -0.473 e. The molecule has 0 saturated carbocycles. The van der Waals surface area contributed by atoms with Gasteiger partial charge in [0.2, 0.25) is 0 Å². The van der Waals surface area contributed by atoms with E-state index in [1.807, 2.05) is 0 Å². The van der Waals surface area contributed by atoms with Crippen LogP contribution in [0, 0.1) is 5.82 Å². The third kappa shape index (κ3) is 6.06. The van der Waals surface area contributed by atoms with Gasteiger partial charge in [-0.15, -0.1) is 0 Å². The number of nitrogens with one attached hydrogen (secondary N) is 1. The lowest BCUT2D eigenvalue weighted by Gasteiger charge is -2.22. The monoisotopic (exact) mass is 304 g/mol.